The van der Waals surface area contributed by atoms with Crippen molar-refractivity contribution < 1.29 is 0 Å². The van der Waals surface area contributed by atoms with Gasteiger partial charge in [-0.3, -0.25) is 4.98 Å². The Kier molecular flexibility index (Phi) is 3.80. The fourth-order valence-electron chi connectivity index (χ4n) is 1.88. The molecule has 0 saturated carbocycles. The van der Waals surface area contributed by atoms with Gasteiger partial charge in [0.2, 0.25) is 0 Å². The molecule has 0 aliphatic carbocycles. The summed E-state index contributed by atoms with van der Waals surface area (Å²) >= 11 is 5.09. The summed E-state index contributed by atoms with van der Waals surface area (Å²) < 4.78 is 0.951. The SMILES string of the molecule is Cc1cccc(Nc2nc(-c3ccncc3Br)cs2)c1. The molecule has 5 heteroatoms. The lowest BCUT2D eigenvalue weighted by atomic mass is 10.2. The van der Waals surface area contributed by atoms with Crippen LogP contribution in [0.1, 0.15) is 5.56 Å². The van der Waals surface area contributed by atoms with Crippen LogP contribution in [-0.2, 0) is 0 Å². The minimum Gasteiger partial charge on any atom is -0.332 e. The van der Waals surface area contributed by atoms with E-state index in [-0.39, 0.29) is 0 Å². The number of nitrogens with one attached hydrogen (secondary N) is 1. The minimum atomic E-state index is 0.884. The van der Waals surface area contributed by atoms with Gasteiger partial charge in [0, 0.05) is 33.5 Å². The molecule has 2 heterocycles. The third-order valence-electron chi connectivity index (χ3n) is 2.82. The Morgan fingerprint density at radius 2 is 2.15 bits per heavy atom. The van der Waals surface area contributed by atoms with E-state index in [2.05, 4.69) is 50.3 Å². The second-order valence-corrected chi connectivity index (χ2v) is 6.10. The van der Waals surface area contributed by atoms with Crippen molar-refractivity contribution in [1.82, 2.24) is 9.97 Å². The molecule has 0 saturated heterocycles. The molecule has 0 radical (unpaired) electrons. The maximum atomic E-state index is 4.62. The van der Waals surface area contributed by atoms with Gasteiger partial charge < -0.3 is 5.32 Å². The van der Waals surface area contributed by atoms with Crippen molar-refractivity contribution in [1.29, 1.82) is 0 Å². The molecule has 20 heavy (non-hydrogen) atoms. The number of halogens is 1. The lowest BCUT2D eigenvalue weighted by molar-refractivity contribution is 1.29. The molecule has 0 unspecified atom stereocenters. The Hall–Kier alpha value is -1.72. The van der Waals surface area contributed by atoms with Gasteiger partial charge in [-0.25, -0.2) is 4.98 Å². The summed E-state index contributed by atoms with van der Waals surface area (Å²) in [7, 11) is 0. The van der Waals surface area contributed by atoms with Gasteiger partial charge in [-0.2, -0.15) is 0 Å². The van der Waals surface area contributed by atoms with Crippen LogP contribution in [0.2, 0.25) is 0 Å². The molecule has 1 N–H and O–H groups in total. The van der Waals surface area contributed by atoms with Crippen LogP contribution in [0.5, 0.6) is 0 Å². The van der Waals surface area contributed by atoms with Gasteiger partial charge in [0.25, 0.3) is 0 Å². The van der Waals surface area contributed by atoms with Gasteiger partial charge in [-0.15, -0.1) is 11.3 Å². The summed E-state index contributed by atoms with van der Waals surface area (Å²) in [6.07, 6.45) is 3.55. The predicted molar refractivity (Wildman–Crippen MR) is 87.5 cm³/mol. The highest BCUT2D eigenvalue weighted by molar-refractivity contribution is 9.10. The maximum Gasteiger partial charge on any atom is 0.187 e. The van der Waals surface area contributed by atoms with Crippen LogP contribution in [0.3, 0.4) is 0 Å². The molecule has 2 aromatic heterocycles. The van der Waals surface area contributed by atoms with E-state index in [1.807, 2.05) is 23.6 Å². The van der Waals surface area contributed by atoms with Crippen LogP contribution in [0.15, 0.2) is 52.6 Å². The number of rotatable bonds is 3. The smallest absolute Gasteiger partial charge is 0.187 e. The average Bonchev–Trinajstić information content (AvgIpc) is 2.87. The molecule has 0 spiro atoms. The first kappa shape index (κ1) is 13.3. The number of hydrogen-bond donors (Lipinski definition) is 1. The van der Waals surface area contributed by atoms with Gasteiger partial charge in [0.05, 0.1) is 5.69 Å². The Morgan fingerprint density at radius 1 is 1.25 bits per heavy atom. The Bertz CT molecular complexity index is 739. The van der Waals surface area contributed by atoms with E-state index in [0.717, 1.165) is 26.5 Å². The van der Waals surface area contributed by atoms with Gasteiger partial charge >= 0.3 is 0 Å². The lowest BCUT2D eigenvalue weighted by Gasteiger charge is -2.03. The van der Waals surface area contributed by atoms with Crippen LogP contribution in [0.4, 0.5) is 10.8 Å². The second-order valence-electron chi connectivity index (χ2n) is 4.39. The number of hydrogen-bond acceptors (Lipinski definition) is 4. The molecule has 0 aliphatic heterocycles. The standard InChI is InChI=1S/C15H12BrN3S/c1-10-3-2-4-11(7-10)18-15-19-14(9-20-15)12-5-6-17-8-13(12)16/h2-9H,1H3,(H,18,19). The van der Waals surface area contributed by atoms with Crippen molar-refractivity contribution in [3.63, 3.8) is 0 Å². The van der Waals surface area contributed by atoms with E-state index in [0.29, 0.717) is 0 Å². The Labute approximate surface area is 129 Å². The summed E-state index contributed by atoms with van der Waals surface area (Å²) in [6, 6.07) is 10.2. The highest BCUT2D eigenvalue weighted by Crippen LogP contribution is 2.31. The number of pyridine rings is 1. The van der Waals surface area contributed by atoms with Crippen molar-refractivity contribution in [2.75, 3.05) is 5.32 Å². The quantitative estimate of drug-likeness (QED) is 0.724. The van der Waals surface area contributed by atoms with Gasteiger partial charge in [0.15, 0.2) is 5.13 Å². The second kappa shape index (κ2) is 5.73. The highest BCUT2D eigenvalue weighted by Gasteiger charge is 2.08. The highest BCUT2D eigenvalue weighted by atomic mass is 79.9. The summed E-state index contributed by atoms with van der Waals surface area (Å²) in [6.45, 7) is 2.08. The first-order chi connectivity index (χ1) is 9.72. The minimum absolute atomic E-state index is 0.884. The normalized spacial score (nSPS) is 10.5. The molecule has 0 bridgehead atoms. The third-order valence-corrected chi connectivity index (χ3v) is 4.21. The van der Waals surface area contributed by atoms with Crippen LogP contribution >= 0.6 is 27.3 Å². The topological polar surface area (TPSA) is 37.8 Å². The van der Waals surface area contributed by atoms with E-state index in [9.17, 15) is 0 Å². The van der Waals surface area contributed by atoms with Crippen LogP contribution < -0.4 is 5.32 Å². The zero-order valence-electron chi connectivity index (χ0n) is 10.8. The van der Waals surface area contributed by atoms with Crippen molar-refractivity contribution in [2.24, 2.45) is 0 Å². The van der Waals surface area contributed by atoms with E-state index < -0.39 is 0 Å². The molecule has 0 fully saturated rings. The van der Waals surface area contributed by atoms with Gasteiger partial charge in [-0.1, -0.05) is 12.1 Å². The zero-order valence-corrected chi connectivity index (χ0v) is 13.2. The first-order valence-corrected chi connectivity index (χ1v) is 7.79. The maximum absolute atomic E-state index is 4.62. The predicted octanol–water partition coefficient (Wildman–Crippen LogP) is 5.02. The number of thiazole rings is 1. The van der Waals surface area contributed by atoms with Gasteiger partial charge in [0.1, 0.15) is 0 Å². The number of aryl methyl sites for hydroxylation is 1. The van der Waals surface area contributed by atoms with Crippen LogP contribution in [-0.4, -0.2) is 9.97 Å². The van der Waals surface area contributed by atoms with E-state index in [1.165, 1.54) is 5.56 Å². The number of anilines is 2. The Morgan fingerprint density at radius 3 is 2.95 bits per heavy atom. The molecule has 1 aromatic carbocycles. The number of benzene rings is 1. The molecule has 3 aromatic rings. The summed E-state index contributed by atoms with van der Waals surface area (Å²) in [5, 5.41) is 6.25. The summed E-state index contributed by atoms with van der Waals surface area (Å²) in [4.78, 5) is 8.68. The molecular weight excluding hydrogens is 334 g/mol. The number of nitrogens with zero attached hydrogens (tertiary/aromatic N) is 2. The van der Waals surface area contributed by atoms with Crippen molar-refractivity contribution in [3.8, 4) is 11.3 Å². The molecule has 0 aliphatic rings. The van der Waals surface area contributed by atoms with Crippen LogP contribution in [0, 0.1) is 6.92 Å². The van der Waals surface area contributed by atoms with Crippen molar-refractivity contribution in [3.05, 3.63) is 58.1 Å². The summed E-state index contributed by atoms with van der Waals surface area (Å²) in [5.41, 5.74) is 4.27. The molecule has 100 valence electrons. The van der Waals surface area contributed by atoms with E-state index in [4.69, 9.17) is 0 Å². The van der Waals surface area contributed by atoms with Crippen molar-refractivity contribution >= 4 is 38.1 Å². The molecule has 0 atom stereocenters. The largest absolute Gasteiger partial charge is 0.332 e. The fraction of sp³-hybridized carbons (Fsp3) is 0.0667. The zero-order chi connectivity index (χ0) is 13.9. The summed E-state index contributed by atoms with van der Waals surface area (Å²) in [5.74, 6) is 0. The monoisotopic (exact) mass is 345 g/mol. The first-order valence-electron chi connectivity index (χ1n) is 6.11. The molecule has 0 amide bonds. The van der Waals surface area contributed by atoms with Crippen molar-refractivity contribution in [2.45, 2.75) is 6.92 Å². The van der Waals surface area contributed by atoms with Gasteiger partial charge in [-0.05, 0) is 46.6 Å². The molecule has 3 rings (SSSR count). The fourth-order valence-corrected chi connectivity index (χ4v) is 3.07. The van der Waals surface area contributed by atoms with E-state index in [1.54, 1.807) is 23.7 Å². The van der Waals surface area contributed by atoms with Crippen LogP contribution in [0.25, 0.3) is 11.3 Å². The molecular formula is C15H12BrN3S. The average molecular weight is 346 g/mol. The molecule has 3 nitrogen and oxygen atoms in total. The lowest BCUT2D eigenvalue weighted by Crippen LogP contribution is -1.90. The Balaban J connectivity index is 1.86. The number of aromatic nitrogens is 2. The van der Waals surface area contributed by atoms with E-state index >= 15 is 0 Å². The third kappa shape index (κ3) is 2.89.